The van der Waals surface area contributed by atoms with Gasteiger partial charge in [-0.3, -0.25) is 15.3 Å². The first kappa shape index (κ1) is 28.8. The number of benzene rings is 3. The minimum atomic E-state index is -1.98. The van der Waals surface area contributed by atoms with Crippen LogP contribution in [0.15, 0.2) is 91.0 Å². The predicted octanol–water partition coefficient (Wildman–Crippen LogP) is 2.80. The zero-order valence-corrected chi connectivity index (χ0v) is 27.0. The van der Waals surface area contributed by atoms with Crippen molar-refractivity contribution in [1.29, 1.82) is 0 Å². The molecule has 0 bridgehead atoms. The molecule has 0 aliphatic rings. The van der Waals surface area contributed by atoms with Gasteiger partial charge < -0.3 is 0 Å². The quantitative estimate of drug-likeness (QED) is 0.251. The van der Waals surface area contributed by atoms with Gasteiger partial charge in [0.25, 0.3) is 6.71 Å². The number of hydrogen-bond donors (Lipinski definition) is 3. The second kappa shape index (κ2) is 12.8. The number of aromatic amines is 3. The van der Waals surface area contributed by atoms with Gasteiger partial charge in [0.15, 0.2) is 0 Å². The summed E-state index contributed by atoms with van der Waals surface area (Å²) in [7, 11) is 0. The summed E-state index contributed by atoms with van der Waals surface area (Å²) in [5, 5.41) is 22.5. The van der Waals surface area contributed by atoms with Crippen LogP contribution in [-0.2, 0) is 21.8 Å². The van der Waals surface area contributed by atoms with Crippen molar-refractivity contribution in [3.8, 4) is 0 Å². The summed E-state index contributed by atoms with van der Waals surface area (Å²) >= 11 is -1.98. The molecule has 3 aromatic heterocycles. The molecule has 0 unspecified atom stereocenters. The van der Waals surface area contributed by atoms with E-state index in [9.17, 15) is 0 Å². The van der Waals surface area contributed by atoms with Crippen LogP contribution in [-0.4, -0.2) is 37.3 Å². The van der Waals surface area contributed by atoms with Gasteiger partial charge in [-0.1, -0.05) is 0 Å². The Bertz CT molecular complexity index is 1440. The van der Waals surface area contributed by atoms with Gasteiger partial charge in [0.05, 0.1) is 17.1 Å². The first-order valence-corrected chi connectivity index (χ1v) is 17.6. The Kier molecular flexibility index (Phi) is 8.99. The van der Waals surface area contributed by atoms with Gasteiger partial charge in [0.1, 0.15) is 0 Å². The number of nitrogens with zero attached hydrogens (tertiary/aromatic N) is 3. The van der Waals surface area contributed by atoms with Crippen LogP contribution in [0.3, 0.4) is 0 Å². The molecule has 6 aromatic rings. The van der Waals surface area contributed by atoms with E-state index >= 15 is 0 Å². The van der Waals surface area contributed by atoms with Gasteiger partial charge in [-0.25, -0.2) is 0 Å². The van der Waals surface area contributed by atoms with Gasteiger partial charge in [-0.15, -0.1) is 0 Å². The third kappa shape index (κ3) is 6.13. The molecule has 0 spiro atoms. The molecule has 41 heavy (non-hydrogen) atoms. The van der Waals surface area contributed by atoms with E-state index < -0.39 is 21.8 Å². The molecule has 6 nitrogen and oxygen atoms in total. The van der Waals surface area contributed by atoms with Crippen molar-refractivity contribution >= 4 is 32.9 Å². The topological polar surface area (TPSA) is 86.0 Å². The van der Waals surface area contributed by atoms with Crippen molar-refractivity contribution in [3.63, 3.8) is 0 Å². The molecule has 6 rings (SSSR count). The maximum absolute atomic E-state index is 4.39. The average molecular weight is 619 g/mol. The molecule has 0 saturated heterocycles. The number of rotatable bonds is 6. The van der Waals surface area contributed by atoms with Crippen molar-refractivity contribution in [2.45, 2.75) is 41.5 Å². The van der Waals surface area contributed by atoms with Crippen molar-refractivity contribution in [2.24, 2.45) is 0 Å². The third-order valence-electron chi connectivity index (χ3n) is 7.61. The van der Waals surface area contributed by atoms with E-state index in [-0.39, 0.29) is 6.71 Å². The number of H-pyrrole nitrogens is 3. The summed E-state index contributed by atoms with van der Waals surface area (Å²) in [6.07, 6.45) is 0. The number of hydrogen-bond acceptors (Lipinski definition) is 3. The number of aryl methyl sites for hydroxylation is 6. The van der Waals surface area contributed by atoms with Crippen LogP contribution < -0.4 is 26.2 Å². The van der Waals surface area contributed by atoms with E-state index in [1.807, 2.05) is 20.8 Å². The minimum absolute atomic E-state index is 0.0799. The summed E-state index contributed by atoms with van der Waals surface area (Å²) < 4.78 is 4.59. The molecule has 0 amide bonds. The van der Waals surface area contributed by atoms with Crippen molar-refractivity contribution in [1.82, 2.24) is 30.6 Å². The Morgan fingerprint density at radius 2 is 0.707 bits per heavy atom. The van der Waals surface area contributed by atoms with Crippen LogP contribution in [0, 0.1) is 41.5 Å². The van der Waals surface area contributed by atoms with Crippen LogP contribution in [0.5, 0.6) is 0 Å². The Morgan fingerprint density at radius 3 is 0.927 bits per heavy atom. The molecule has 0 saturated carbocycles. The average Bonchev–Trinajstić information content (AvgIpc) is 3.63. The molecular weight excluding hydrogens is 582 g/mol. The van der Waals surface area contributed by atoms with Gasteiger partial charge in [-0.05, 0) is 57.9 Å². The molecule has 8 heteroatoms. The molecule has 0 aliphatic heterocycles. The Morgan fingerprint density at radius 1 is 0.439 bits per heavy atom. The van der Waals surface area contributed by atoms with E-state index in [2.05, 4.69) is 142 Å². The zero-order valence-electron chi connectivity index (χ0n) is 24.6. The zero-order chi connectivity index (χ0) is 28.9. The standard InChI is InChI=1S/C15H21BN6.3C6H5.Zr/c1-7-13(8(2)18-17-7)16(14-9(3)19-20-10(14)4)15-11(5)21-22-12(15)6;3*1-2-4-6-5-3-1;/h1-6H3,(H,17,18)(H,19,20)(H,21,22);3*1-5H;. The summed E-state index contributed by atoms with van der Waals surface area (Å²) in [5.74, 6) is 0. The fraction of sp³-hybridized carbons (Fsp3) is 0.182. The van der Waals surface area contributed by atoms with Gasteiger partial charge in [0.2, 0.25) is 0 Å². The molecule has 0 atom stereocenters. The van der Waals surface area contributed by atoms with Gasteiger partial charge in [0, 0.05) is 17.1 Å². The van der Waals surface area contributed by atoms with E-state index in [1.54, 1.807) is 0 Å². The summed E-state index contributed by atoms with van der Waals surface area (Å²) in [6.45, 7) is 12.4. The van der Waals surface area contributed by atoms with Gasteiger partial charge >= 0.3 is 123 Å². The summed E-state index contributed by atoms with van der Waals surface area (Å²) in [6, 6.07) is 32.9. The third-order valence-corrected chi connectivity index (χ3v) is 14.3. The molecule has 3 N–H and O–H groups in total. The van der Waals surface area contributed by atoms with Gasteiger partial charge in [-0.2, -0.15) is 15.3 Å². The molecule has 3 heterocycles. The monoisotopic (exact) mass is 617 g/mol. The van der Waals surface area contributed by atoms with E-state index in [4.69, 9.17) is 0 Å². The second-order valence-electron chi connectivity index (χ2n) is 10.4. The van der Waals surface area contributed by atoms with Crippen LogP contribution in [0.25, 0.3) is 0 Å². The second-order valence-corrected chi connectivity index (χ2v) is 16.6. The Balaban J connectivity index is 0.000000166. The SMILES string of the molecule is Cc1n[nH]c(C)c1B(c1c(C)n[nH]c1C)c1c(C)n[nH]c1C.c1cc[c]([Zr]([c]2ccccc2)[c]2ccccc2)cc1. The number of aromatic nitrogens is 6. The fourth-order valence-electron chi connectivity index (χ4n) is 5.70. The van der Waals surface area contributed by atoms with Crippen LogP contribution in [0.4, 0.5) is 0 Å². The number of nitrogens with one attached hydrogen (secondary N) is 3. The fourth-order valence-corrected chi connectivity index (χ4v) is 12.0. The summed E-state index contributed by atoms with van der Waals surface area (Å²) in [5.41, 5.74) is 9.93. The van der Waals surface area contributed by atoms with E-state index in [0.29, 0.717) is 0 Å². The first-order chi connectivity index (χ1) is 19.9. The molecule has 0 fully saturated rings. The molecule has 0 radical (unpaired) electrons. The van der Waals surface area contributed by atoms with Crippen molar-refractivity contribution < 1.29 is 21.8 Å². The first-order valence-electron chi connectivity index (χ1n) is 13.9. The Labute approximate surface area is 250 Å². The normalized spacial score (nSPS) is 10.7. The Hall–Kier alpha value is -3.76. The molecule has 0 aliphatic carbocycles. The molecule has 3 aromatic carbocycles. The molecule has 205 valence electrons. The van der Waals surface area contributed by atoms with Crippen molar-refractivity contribution in [3.05, 3.63) is 125 Å². The summed E-state index contributed by atoms with van der Waals surface area (Å²) in [4.78, 5) is 0. The van der Waals surface area contributed by atoms with Crippen LogP contribution in [0.2, 0.25) is 0 Å². The van der Waals surface area contributed by atoms with E-state index in [1.165, 1.54) is 26.2 Å². The van der Waals surface area contributed by atoms with Crippen LogP contribution in [0.1, 0.15) is 34.2 Å². The van der Waals surface area contributed by atoms with Crippen LogP contribution >= 0.6 is 0 Å². The maximum atomic E-state index is 4.39. The van der Waals surface area contributed by atoms with E-state index in [0.717, 1.165) is 34.2 Å². The predicted molar refractivity (Wildman–Crippen MR) is 167 cm³/mol. The van der Waals surface area contributed by atoms with Crippen molar-refractivity contribution in [2.75, 3.05) is 0 Å². The molecular formula is C33H36BN6Zr.